The Balaban J connectivity index is 1.58. The molecular formula is C18H28N4O3S2. The number of likely N-dealkylation sites (N-methyl/N-ethyl adjacent to an activating group) is 1. The van der Waals surface area contributed by atoms with Gasteiger partial charge in [-0.3, -0.25) is 4.79 Å². The predicted molar refractivity (Wildman–Crippen MR) is 109 cm³/mol. The summed E-state index contributed by atoms with van der Waals surface area (Å²) in [4.78, 5) is 19.3. The molecule has 0 atom stereocenters. The number of hydrogen-bond donors (Lipinski definition) is 1. The van der Waals surface area contributed by atoms with E-state index in [4.69, 9.17) is 0 Å². The van der Waals surface area contributed by atoms with Crippen molar-refractivity contribution in [1.29, 1.82) is 0 Å². The SMILES string of the molecule is CC(=O)N1CCSc2ccc(S(=O)(=O)NCCCN3CCN(C)CC3)cc21. The zero-order valence-electron chi connectivity index (χ0n) is 16.0. The lowest BCUT2D eigenvalue weighted by Crippen LogP contribution is -2.45. The van der Waals surface area contributed by atoms with Crippen molar-refractivity contribution in [3.05, 3.63) is 18.2 Å². The molecule has 0 unspecified atom stereocenters. The standard InChI is InChI=1S/C18H28N4O3S2/c1-15(23)22-12-13-26-18-5-4-16(14-17(18)22)27(24,25)19-6-3-7-21-10-8-20(2)9-11-21/h4-5,14,19H,3,6-13H2,1-2H3. The number of piperazine rings is 1. The second kappa shape index (κ2) is 8.91. The summed E-state index contributed by atoms with van der Waals surface area (Å²) in [7, 11) is -1.46. The summed E-state index contributed by atoms with van der Waals surface area (Å²) in [5.74, 6) is 0.759. The summed E-state index contributed by atoms with van der Waals surface area (Å²) >= 11 is 1.65. The van der Waals surface area contributed by atoms with E-state index in [-0.39, 0.29) is 10.8 Å². The van der Waals surface area contributed by atoms with Gasteiger partial charge in [0.15, 0.2) is 0 Å². The van der Waals surface area contributed by atoms with Crippen molar-refractivity contribution < 1.29 is 13.2 Å². The second-order valence-electron chi connectivity index (χ2n) is 7.04. The number of carbonyl (C=O) groups is 1. The van der Waals surface area contributed by atoms with Gasteiger partial charge in [-0.15, -0.1) is 11.8 Å². The molecule has 2 heterocycles. The highest BCUT2D eigenvalue weighted by Crippen LogP contribution is 2.36. The summed E-state index contributed by atoms with van der Waals surface area (Å²) in [5.41, 5.74) is 0.694. The van der Waals surface area contributed by atoms with E-state index in [1.54, 1.807) is 34.9 Å². The molecule has 2 aliphatic rings. The summed E-state index contributed by atoms with van der Waals surface area (Å²) < 4.78 is 28.0. The molecule has 1 N–H and O–H groups in total. The highest BCUT2D eigenvalue weighted by Gasteiger charge is 2.24. The van der Waals surface area contributed by atoms with E-state index in [0.29, 0.717) is 18.8 Å². The van der Waals surface area contributed by atoms with Gasteiger partial charge < -0.3 is 14.7 Å². The number of amides is 1. The third-order valence-electron chi connectivity index (χ3n) is 5.02. The van der Waals surface area contributed by atoms with Crippen molar-refractivity contribution in [3.63, 3.8) is 0 Å². The number of benzene rings is 1. The molecule has 1 fully saturated rings. The topological polar surface area (TPSA) is 73.0 Å². The van der Waals surface area contributed by atoms with E-state index >= 15 is 0 Å². The molecule has 7 nitrogen and oxygen atoms in total. The fourth-order valence-corrected chi connectivity index (χ4v) is 5.42. The van der Waals surface area contributed by atoms with Gasteiger partial charge in [0, 0.05) is 56.8 Å². The van der Waals surface area contributed by atoms with Gasteiger partial charge in [-0.1, -0.05) is 0 Å². The normalized spacial score (nSPS) is 19.1. The largest absolute Gasteiger partial charge is 0.311 e. The van der Waals surface area contributed by atoms with E-state index in [1.165, 1.54) is 6.92 Å². The Morgan fingerprint density at radius 2 is 1.93 bits per heavy atom. The first-order valence-electron chi connectivity index (χ1n) is 9.32. The second-order valence-corrected chi connectivity index (χ2v) is 9.95. The minimum atomic E-state index is -3.58. The minimum Gasteiger partial charge on any atom is -0.311 e. The number of nitrogens with one attached hydrogen (secondary N) is 1. The van der Waals surface area contributed by atoms with Gasteiger partial charge in [0.2, 0.25) is 15.9 Å². The first kappa shape index (κ1) is 20.6. The molecule has 9 heteroatoms. The van der Waals surface area contributed by atoms with Crippen LogP contribution in [0.1, 0.15) is 13.3 Å². The Kier molecular flexibility index (Phi) is 6.80. The van der Waals surface area contributed by atoms with Crippen LogP contribution >= 0.6 is 11.8 Å². The molecule has 1 aromatic carbocycles. The summed E-state index contributed by atoms with van der Waals surface area (Å²) in [6, 6.07) is 5.04. The zero-order chi connectivity index (χ0) is 19.4. The molecule has 150 valence electrons. The van der Waals surface area contributed by atoms with Crippen LogP contribution < -0.4 is 9.62 Å². The Morgan fingerprint density at radius 1 is 1.19 bits per heavy atom. The number of nitrogens with zero attached hydrogens (tertiary/aromatic N) is 3. The minimum absolute atomic E-state index is 0.0637. The number of carbonyl (C=O) groups excluding carboxylic acids is 1. The van der Waals surface area contributed by atoms with E-state index in [0.717, 1.165) is 49.8 Å². The van der Waals surface area contributed by atoms with Gasteiger partial charge in [0.1, 0.15) is 0 Å². The number of rotatable bonds is 6. The van der Waals surface area contributed by atoms with Gasteiger partial charge in [-0.2, -0.15) is 0 Å². The number of anilines is 1. The van der Waals surface area contributed by atoms with E-state index in [1.807, 2.05) is 0 Å². The summed E-state index contributed by atoms with van der Waals surface area (Å²) in [6.07, 6.45) is 0.781. The molecule has 1 amide bonds. The van der Waals surface area contributed by atoms with Crippen molar-refractivity contribution in [2.45, 2.75) is 23.1 Å². The monoisotopic (exact) mass is 412 g/mol. The molecule has 1 saturated heterocycles. The Bertz CT molecular complexity index is 777. The predicted octanol–water partition coefficient (Wildman–Crippen LogP) is 1.06. The van der Waals surface area contributed by atoms with Gasteiger partial charge in [-0.05, 0) is 38.2 Å². The maximum Gasteiger partial charge on any atom is 0.240 e. The number of thioether (sulfide) groups is 1. The summed E-state index contributed by atoms with van der Waals surface area (Å²) in [5, 5.41) is 0. The van der Waals surface area contributed by atoms with Gasteiger partial charge in [0.05, 0.1) is 10.6 Å². The van der Waals surface area contributed by atoms with Crippen LogP contribution in [0, 0.1) is 0 Å². The Hall–Kier alpha value is -1.13. The van der Waals surface area contributed by atoms with Crippen LogP contribution in [-0.2, 0) is 14.8 Å². The average Bonchev–Trinajstić information content (AvgIpc) is 2.65. The third-order valence-corrected chi connectivity index (χ3v) is 7.52. The van der Waals surface area contributed by atoms with Gasteiger partial charge >= 0.3 is 0 Å². The maximum absolute atomic E-state index is 12.6. The van der Waals surface area contributed by atoms with Crippen LogP contribution in [0.5, 0.6) is 0 Å². The van der Waals surface area contributed by atoms with E-state index in [9.17, 15) is 13.2 Å². The van der Waals surface area contributed by atoms with E-state index in [2.05, 4.69) is 21.6 Å². The van der Waals surface area contributed by atoms with Gasteiger partial charge in [0.25, 0.3) is 0 Å². The smallest absolute Gasteiger partial charge is 0.240 e. The number of hydrogen-bond acceptors (Lipinski definition) is 6. The summed E-state index contributed by atoms with van der Waals surface area (Å²) in [6.45, 7) is 7.62. The highest BCUT2D eigenvalue weighted by atomic mass is 32.2. The lowest BCUT2D eigenvalue weighted by molar-refractivity contribution is -0.116. The van der Waals surface area contributed by atoms with Crippen LogP contribution in [0.3, 0.4) is 0 Å². The third kappa shape index (κ3) is 5.23. The van der Waals surface area contributed by atoms with Crippen LogP contribution in [0.2, 0.25) is 0 Å². The molecular weight excluding hydrogens is 384 g/mol. The molecule has 0 aliphatic carbocycles. The molecule has 3 rings (SSSR count). The Morgan fingerprint density at radius 3 is 2.63 bits per heavy atom. The average molecular weight is 413 g/mol. The first-order chi connectivity index (χ1) is 12.9. The molecule has 0 aromatic heterocycles. The zero-order valence-corrected chi connectivity index (χ0v) is 17.6. The molecule has 0 saturated carbocycles. The van der Waals surface area contributed by atoms with Gasteiger partial charge in [-0.25, -0.2) is 13.1 Å². The van der Waals surface area contributed by atoms with Crippen LogP contribution in [-0.4, -0.2) is 82.7 Å². The quantitative estimate of drug-likeness (QED) is 0.705. The molecule has 1 aromatic rings. The van der Waals surface area contributed by atoms with Crippen molar-refractivity contribution in [3.8, 4) is 0 Å². The molecule has 0 bridgehead atoms. The maximum atomic E-state index is 12.6. The fourth-order valence-electron chi connectivity index (χ4n) is 3.36. The fraction of sp³-hybridized carbons (Fsp3) is 0.611. The van der Waals surface area contributed by atoms with Crippen molar-refractivity contribution in [2.24, 2.45) is 0 Å². The molecule has 27 heavy (non-hydrogen) atoms. The lowest BCUT2D eigenvalue weighted by atomic mass is 10.2. The molecule has 0 radical (unpaired) electrons. The number of fused-ring (bicyclic) bond motifs is 1. The number of sulfonamides is 1. The van der Waals surface area contributed by atoms with Crippen LogP contribution in [0.25, 0.3) is 0 Å². The van der Waals surface area contributed by atoms with Crippen molar-refractivity contribution >= 4 is 33.4 Å². The first-order valence-corrected chi connectivity index (χ1v) is 11.8. The van der Waals surface area contributed by atoms with E-state index < -0.39 is 10.0 Å². The Labute approximate surface area is 166 Å². The van der Waals surface area contributed by atoms with Crippen molar-refractivity contribution in [2.75, 3.05) is 63.5 Å². The van der Waals surface area contributed by atoms with Crippen molar-refractivity contribution in [1.82, 2.24) is 14.5 Å². The highest BCUT2D eigenvalue weighted by molar-refractivity contribution is 7.99. The lowest BCUT2D eigenvalue weighted by Gasteiger charge is -2.32. The van der Waals surface area contributed by atoms with Crippen LogP contribution in [0.4, 0.5) is 5.69 Å². The van der Waals surface area contributed by atoms with Crippen LogP contribution in [0.15, 0.2) is 28.0 Å². The molecule has 2 aliphatic heterocycles. The molecule has 0 spiro atoms.